The molecule has 0 radical (unpaired) electrons. The van der Waals surface area contributed by atoms with E-state index in [4.69, 9.17) is 5.11 Å². The van der Waals surface area contributed by atoms with E-state index in [2.05, 4.69) is 9.97 Å². The normalized spacial score (nSPS) is 16.9. The number of carboxylic acids is 1. The summed E-state index contributed by atoms with van der Waals surface area (Å²) in [5.41, 5.74) is 1.43. The van der Waals surface area contributed by atoms with Gasteiger partial charge in [0, 0.05) is 12.1 Å². The summed E-state index contributed by atoms with van der Waals surface area (Å²) in [5, 5.41) is 8.93. The fourth-order valence-corrected chi connectivity index (χ4v) is 2.08. The molecule has 0 aromatic carbocycles. The van der Waals surface area contributed by atoms with Crippen LogP contribution in [0.15, 0.2) is 6.20 Å². The first-order chi connectivity index (χ1) is 7.18. The third kappa shape index (κ3) is 1.98. The minimum absolute atomic E-state index is 0.0967. The zero-order valence-electron chi connectivity index (χ0n) is 8.73. The van der Waals surface area contributed by atoms with Crippen LogP contribution in [0, 0.1) is 6.92 Å². The summed E-state index contributed by atoms with van der Waals surface area (Å²) in [4.78, 5) is 19.2. The van der Waals surface area contributed by atoms with Crippen LogP contribution in [0.3, 0.4) is 0 Å². The zero-order valence-corrected chi connectivity index (χ0v) is 8.73. The van der Waals surface area contributed by atoms with Crippen molar-refractivity contribution >= 4 is 5.97 Å². The second-order valence-corrected chi connectivity index (χ2v) is 4.02. The molecule has 4 heteroatoms. The molecule has 1 fully saturated rings. The Morgan fingerprint density at radius 1 is 1.47 bits per heavy atom. The van der Waals surface area contributed by atoms with Crippen molar-refractivity contribution in [2.24, 2.45) is 0 Å². The summed E-state index contributed by atoms with van der Waals surface area (Å²) in [6.07, 6.45) is 6.36. The van der Waals surface area contributed by atoms with Gasteiger partial charge in [-0.1, -0.05) is 12.8 Å². The van der Waals surface area contributed by atoms with Gasteiger partial charge in [-0.3, -0.25) is 4.98 Å². The van der Waals surface area contributed by atoms with Crippen molar-refractivity contribution in [3.8, 4) is 0 Å². The van der Waals surface area contributed by atoms with E-state index in [0.717, 1.165) is 18.5 Å². The molecule has 80 valence electrons. The molecule has 0 amide bonds. The molecule has 1 heterocycles. The minimum Gasteiger partial charge on any atom is -0.476 e. The lowest BCUT2D eigenvalue weighted by atomic mass is 10.0. The molecule has 1 aliphatic rings. The number of aryl methyl sites for hydroxylation is 1. The molecule has 0 atom stereocenters. The van der Waals surface area contributed by atoms with Gasteiger partial charge in [0.15, 0.2) is 5.69 Å². The number of hydrogen-bond acceptors (Lipinski definition) is 3. The van der Waals surface area contributed by atoms with E-state index in [0.29, 0.717) is 11.6 Å². The molecule has 0 aliphatic heterocycles. The Bertz CT molecular complexity index is 384. The molecule has 0 unspecified atom stereocenters. The average Bonchev–Trinajstić information content (AvgIpc) is 2.71. The molecule has 1 aliphatic carbocycles. The third-order valence-electron chi connectivity index (χ3n) is 2.95. The van der Waals surface area contributed by atoms with E-state index in [-0.39, 0.29) is 5.69 Å². The van der Waals surface area contributed by atoms with Gasteiger partial charge in [0.25, 0.3) is 0 Å². The zero-order chi connectivity index (χ0) is 10.8. The number of aromatic carboxylic acids is 1. The SMILES string of the molecule is Cc1ncc(C2CCCC2)nc1C(=O)O. The molecular formula is C11H14N2O2. The monoisotopic (exact) mass is 206 g/mol. The first-order valence-corrected chi connectivity index (χ1v) is 5.25. The lowest BCUT2D eigenvalue weighted by Crippen LogP contribution is -2.09. The fraction of sp³-hybridized carbons (Fsp3) is 0.545. The van der Waals surface area contributed by atoms with E-state index >= 15 is 0 Å². The largest absolute Gasteiger partial charge is 0.476 e. The fourth-order valence-electron chi connectivity index (χ4n) is 2.08. The highest BCUT2D eigenvalue weighted by Gasteiger charge is 2.21. The number of carboxylic acid groups (broad SMARTS) is 1. The quantitative estimate of drug-likeness (QED) is 0.805. The molecule has 0 saturated heterocycles. The molecule has 1 N–H and O–H groups in total. The molecule has 0 spiro atoms. The average molecular weight is 206 g/mol. The van der Waals surface area contributed by atoms with Crippen molar-refractivity contribution < 1.29 is 9.90 Å². The molecule has 4 nitrogen and oxygen atoms in total. The molecule has 0 bridgehead atoms. The summed E-state index contributed by atoms with van der Waals surface area (Å²) in [6, 6.07) is 0. The highest BCUT2D eigenvalue weighted by molar-refractivity contribution is 5.86. The number of rotatable bonds is 2. The maximum absolute atomic E-state index is 10.9. The van der Waals surface area contributed by atoms with Gasteiger partial charge in [-0.15, -0.1) is 0 Å². The maximum atomic E-state index is 10.9. The van der Waals surface area contributed by atoms with Gasteiger partial charge in [-0.2, -0.15) is 0 Å². The Labute approximate surface area is 88.4 Å². The van der Waals surface area contributed by atoms with Crippen LogP contribution in [0.2, 0.25) is 0 Å². The lowest BCUT2D eigenvalue weighted by Gasteiger charge is -2.09. The standard InChI is InChI=1S/C11H14N2O2/c1-7-10(11(14)15)13-9(6-12-7)8-4-2-3-5-8/h6,8H,2-5H2,1H3,(H,14,15). The van der Waals surface area contributed by atoms with E-state index in [9.17, 15) is 4.79 Å². The van der Waals surface area contributed by atoms with Crippen LogP contribution in [0.1, 0.15) is 53.5 Å². The number of nitrogens with zero attached hydrogens (tertiary/aromatic N) is 2. The maximum Gasteiger partial charge on any atom is 0.356 e. The van der Waals surface area contributed by atoms with Crippen molar-refractivity contribution in [2.45, 2.75) is 38.5 Å². The molecule has 2 rings (SSSR count). The van der Waals surface area contributed by atoms with Crippen LogP contribution < -0.4 is 0 Å². The van der Waals surface area contributed by atoms with Crippen LogP contribution in [0.5, 0.6) is 0 Å². The van der Waals surface area contributed by atoms with E-state index < -0.39 is 5.97 Å². The number of carbonyl (C=O) groups is 1. The summed E-state index contributed by atoms with van der Waals surface area (Å²) in [7, 11) is 0. The van der Waals surface area contributed by atoms with Crippen LogP contribution in [0.25, 0.3) is 0 Å². The van der Waals surface area contributed by atoms with Gasteiger partial charge >= 0.3 is 5.97 Å². The number of aromatic nitrogens is 2. The second-order valence-electron chi connectivity index (χ2n) is 4.02. The van der Waals surface area contributed by atoms with Crippen LogP contribution in [-0.2, 0) is 0 Å². The smallest absolute Gasteiger partial charge is 0.356 e. The highest BCUT2D eigenvalue weighted by atomic mass is 16.4. The van der Waals surface area contributed by atoms with E-state index in [1.165, 1.54) is 12.8 Å². The predicted molar refractivity (Wildman–Crippen MR) is 54.9 cm³/mol. The molecule has 1 aromatic rings. The van der Waals surface area contributed by atoms with Gasteiger partial charge in [-0.25, -0.2) is 9.78 Å². The highest BCUT2D eigenvalue weighted by Crippen LogP contribution is 2.32. The minimum atomic E-state index is -0.986. The van der Waals surface area contributed by atoms with Crippen molar-refractivity contribution in [3.63, 3.8) is 0 Å². The summed E-state index contributed by atoms with van der Waals surface area (Å²) >= 11 is 0. The van der Waals surface area contributed by atoms with Crippen molar-refractivity contribution in [2.75, 3.05) is 0 Å². The molecule has 1 aromatic heterocycles. The number of hydrogen-bond donors (Lipinski definition) is 1. The van der Waals surface area contributed by atoms with Crippen LogP contribution >= 0.6 is 0 Å². The third-order valence-corrected chi connectivity index (χ3v) is 2.95. The summed E-state index contributed by atoms with van der Waals surface area (Å²) in [6.45, 7) is 1.68. The second kappa shape index (κ2) is 3.96. The first-order valence-electron chi connectivity index (χ1n) is 5.25. The molecule has 15 heavy (non-hydrogen) atoms. The van der Waals surface area contributed by atoms with E-state index in [1.807, 2.05) is 0 Å². The van der Waals surface area contributed by atoms with Crippen molar-refractivity contribution in [1.82, 2.24) is 9.97 Å². The van der Waals surface area contributed by atoms with Gasteiger partial charge in [0.1, 0.15) is 0 Å². The van der Waals surface area contributed by atoms with Crippen molar-refractivity contribution in [1.29, 1.82) is 0 Å². The molecular weight excluding hydrogens is 192 g/mol. The van der Waals surface area contributed by atoms with Gasteiger partial charge in [0.2, 0.25) is 0 Å². The van der Waals surface area contributed by atoms with Gasteiger partial charge in [-0.05, 0) is 19.8 Å². The summed E-state index contributed by atoms with van der Waals surface area (Å²) < 4.78 is 0. The van der Waals surface area contributed by atoms with Crippen LogP contribution in [-0.4, -0.2) is 21.0 Å². The van der Waals surface area contributed by atoms with Gasteiger partial charge in [0.05, 0.1) is 11.4 Å². The van der Waals surface area contributed by atoms with Crippen LogP contribution in [0.4, 0.5) is 0 Å². The Morgan fingerprint density at radius 3 is 2.73 bits per heavy atom. The molecule has 1 saturated carbocycles. The van der Waals surface area contributed by atoms with Gasteiger partial charge < -0.3 is 5.11 Å². The lowest BCUT2D eigenvalue weighted by molar-refractivity contribution is 0.0688. The Kier molecular flexibility index (Phi) is 2.66. The van der Waals surface area contributed by atoms with Crippen molar-refractivity contribution in [3.05, 3.63) is 23.3 Å². The Morgan fingerprint density at radius 2 is 2.13 bits per heavy atom. The Hall–Kier alpha value is -1.45. The van der Waals surface area contributed by atoms with E-state index in [1.54, 1.807) is 13.1 Å². The summed E-state index contributed by atoms with van der Waals surface area (Å²) in [5.74, 6) is -0.573. The Balaban J connectivity index is 2.33. The predicted octanol–water partition coefficient (Wildman–Crippen LogP) is 2.14. The topological polar surface area (TPSA) is 63.1 Å². The first kappa shape index (κ1) is 10.1.